The highest BCUT2D eigenvalue weighted by Crippen LogP contribution is 2.26. The van der Waals surface area contributed by atoms with E-state index in [4.69, 9.17) is 9.47 Å². The quantitative estimate of drug-likeness (QED) is 0.293. The Morgan fingerprint density at radius 2 is 1.00 bits per heavy atom. The fraction of sp³-hybridized carbons (Fsp3) is 0.143. The van der Waals surface area contributed by atoms with Gasteiger partial charge in [-0.3, -0.25) is 0 Å². The van der Waals surface area contributed by atoms with Crippen LogP contribution in [0.5, 0.6) is 11.5 Å². The van der Waals surface area contributed by atoms with Crippen LogP contribution >= 0.6 is 47.8 Å². The van der Waals surface area contributed by atoms with Crippen LogP contribution in [0.25, 0.3) is 0 Å². The van der Waals surface area contributed by atoms with Gasteiger partial charge in [0, 0.05) is 20.3 Å². The highest BCUT2D eigenvalue weighted by molar-refractivity contribution is 9.10. The maximum absolute atomic E-state index is 5.96. The molecule has 3 aromatic rings. The molecule has 0 saturated carbocycles. The summed E-state index contributed by atoms with van der Waals surface area (Å²) in [6.45, 7) is 1.04. The first-order valence-corrected chi connectivity index (χ1v) is 10.8. The first-order valence-electron chi connectivity index (χ1n) is 8.07. The molecule has 0 aliphatic rings. The summed E-state index contributed by atoms with van der Waals surface area (Å²) in [5.41, 5.74) is 3.36. The second kappa shape index (κ2) is 9.58. The molecule has 0 fully saturated rings. The second-order valence-corrected chi connectivity index (χ2v) is 8.17. The molecule has 2 nitrogen and oxygen atoms in total. The lowest BCUT2D eigenvalue weighted by Gasteiger charge is -2.12. The maximum Gasteiger partial charge on any atom is 0.123 e. The van der Waals surface area contributed by atoms with E-state index in [0.717, 1.165) is 42.5 Å². The fourth-order valence-corrected chi connectivity index (χ4v) is 3.22. The van der Waals surface area contributed by atoms with Gasteiger partial charge in [-0.15, -0.1) is 0 Å². The smallest absolute Gasteiger partial charge is 0.123 e. The predicted octanol–water partition coefficient (Wildman–Crippen LogP) is 7.26. The lowest BCUT2D eigenvalue weighted by molar-refractivity contribution is 0.289. The molecule has 3 aromatic carbocycles. The zero-order valence-electron chi connectivity index (χ0n) is 13.9. The number of benzene rings is 3. The van der Waals surface area contributed by atoms with E-state index in [1.165, 1.54) is 0 Å². The number of halogens is 3. The van der Waals surface area contributed by atoms with E-state index in [2.05, 4.69) is 47.8 Å². The predicted molar refractivity (Wildman–Crippen MR) is 116 cm³/mol. The van der Waals surface area contributed by atoms with E-state index in [1.807, 2.05) is 66.7 Å². The van der Waals surface area contributed by atoms with E-state index in [9.17, 15) is 0 Å². The highest BCUT2D eigenvalue weighted by atomic mass is 79.9. The molecule has 0 spiro atoms. The molecule has 0 saturated heterocycles. The molecule has 0 aliphatic carbocycles. The Bertz CT molecular complexity index is 778. The molecule has 0 amide bonds. The summed E-state index contributed by atoms with van der Waals surface area (Å²) in [6, 6.07) is 22.2. The van der Waals surface area contributed by atoms with Crippen molar-refractivity contribution in [2.24, 2.45) is 0 Å². The van der Waals surface area contributed by atoms with Crippen LogP contribution in [0.4, 0.5) is 0 Å². The normalized spacial score (nSPS) is 10.6. The van der Waals surface area contributed by atoms with Crippen molar-refractivity contribution in [1.82, 2.24) is 0 Å². The Kier molecular flexibility index (Phi) is 7.17. The van der Waals surface area contributed by atoms with Gasteiger partial charge in [-0.2, -0.15) is 0 Å². The summed E-state index contributed by atoms with van der Waals surface area (Å²) in [5.74, 6) is 1.60. The van der Waals surface area contributed by atoms with Crippen LogP contribution in [0.1, 0.15) is 16.7 Å². The molecule has 0 heterocycles. The van der Waals surface area contributed by atoms with Crippen molar-refractivity contribution in [2.75, 3.05) is 0 Å². The van der Waals surface area contributed by atoms with E-state index in [1.54, 1.807) is 0 Å². The summed E-state index contributed by atoms with van der Waals surface area (Å²) >= 11 is 10.4. The minimum atomic E-state index is 0.519. The average molecular weight is 541 g/mol. The minimum Gasteiger partial charge on any atom is -0.489 e. The Balaban J connectivity index is 1.67. The Morgan fingerprint density at radius 1 is 0.577 bits per heavy atom. The maximum atomic E-state index is 5.96. The topological polar surface area (TPSA) is 18.5 Å². The van der Waals surface area contributed by atoms with Gasteiger partial charge in [0.25, 0.3) is 0 Å². The van der Waals surface area contributed by atoms with Crippen LogP contribution < -0.4 is 9.47 Å². The molecule has 0 aromatic heterocycles. The average Bonchev–Trinajstić information content (AvgIpc) is 2.67. The number of hydrogen-bond acceptors (Lipinski definition) is 2. The summed E-state index contributed by atoms with van der Waals surface area (Å²) in [6.07, 6.45) is 0. The molecule has 0 unspecified atom stereocenters. The number of ether oxygens (including phenoxy) is 2. The third-order valence-electron chi connectivity index (χ3n) is 3.73. The zero-order valence-corrected chi connectivity index (χ0v) is 18.7. The van der Waals surface area contributed by atoms with Gasteiger partial charge in [-0.05, 0) is 53.1 Å². The van der Waals surface area contributed by atoms with E-state index < -0.39 is 0 Å². The summed E-state index contributed by atoms with van der Waals surface area (Å²) < 4.78 is 14.0. The highest BCUT2D eigenvalue weighted by Gasteiger charge is 2.05. The lowest BCUT2D eigenvalue weighted by Crippen LogP contribution is -1.99. The third-order valence-corrected chi connectivity index (χ3v) is 5.44. The second-order valence-electron chi connectivity index (χ2n) is 5.78. The first-order chi connectivity index (χ1) is 12.6. The van der Waals surface area contributed by atoms with Crippen molar-refractivity contribution >= 4 is 47.8 Å². The first kappa shape index (κ1) is 19.5. The van der Waals surface area contributed by atoms with Crippen molar-refractivity contribution in [2.45, 2.75) is 18.5 Å². The van der Waals surface area contributed by atoms with Crippen LogP contribution in [0.15, 0.2) is 75.7 Å². The number of hydrogen-bond donors (Lipinski definition) is 0. The lowest BCUT2D eigenvalue weighted by atomic mass is 10.2. The Morgan fingerprint density at radius 3 is 1.38 bits per heavy atom. The molecule has 0 atom stereocenters. The molecular formula is C21H17Br3O2. The molecule has 0 radical (unpaired) electrons. The molecule has 0 aliphatic heterocycles. The molecule has 0 bridgehead atoms. The molecular weight excluding hydrogens is 524 g/mol. The van der Waals surface area contributed by atoms with Gasteiger partial charge in [-0.25, -0.2) is 0 Å². The van der Waals surface area contributed by atoms with Crippen LogP contribution in [-0.4, -0.2) is 0 Å². The monoisotopic (exact) mass is 538 g/mol. The van der Waals surface area contributed by atoms with Crippen molar-refractivity contribution in [3.63, 3.8) is 0 Å². The van der Waals surface area contributed by atoms with Gasteiger partial charge in [-0.1, -0.05) is 72.1 Å². The van der Waals surface area contributed by atoms with Crippen molar-refractivity contribution in [3.8, 4) is 11.5 Å². The van der Waals surface area contributed by atoms with Gasteiger partial charge in [0.05, 0.1) is 0 Å². The minimum absolute atomic E-state index is 0.519. The van der Waals surface area contributed by atoms with Crippen LogP contribution in [0, 0.1) is 0 Å². The molecule has 0 N–H and O–H groups in total. The van der Waals surface area contributed by atoms with Gasteiger partial charge in [0.15, 0.2) is 0 Å². The van der Waals surface area contributed by atoms with Gasteiger partial charge < -0.3 is 9.47 Å². The van der Waals surface area contributed by atoms with E-state index in [-0.39, 0.29) is 0 Å². The van der Waals surface area contributed by atoms with Crippen LogP contribution in [0.2, 0.25) is 0 Å². The fourth-order valence-electron chi connectivity index (χ4n) is 2.37. The van der Waals surface area contributed by atoms with Crippen LogP contribution in [0.3, 0.4) is 0 Å². The summed E-state index contributed by atoms with van der Waals surface area (Å²) in [4.78, 5) is 0. The standard InChI is InChI=1S/C21H17Br3O2/c22-12-17-9-20(25-13-15-1-5-18(23)6-2-15)11-21(10-17)26-14-16-3-7-19(24)8-4-16/h1-11H,12-14H2. The molecule has 5 heteroatoms. The van der Waals surface area contributed by atoms with Crippen molar-refractivity contribution in [1.29, 1.82) is 0 Å². The van der Waals surface area contributed by atoms with Gasteiger partial charge >= 0.3 is 0 Å². The van der Waals surface area contributed by atoms with Gasteiger partial charge in [0.2, 0.25) is 0 Å². The Hall–Kier alpha value is -1.30. The summed E-state index contributed by atoms with van der Waals surface area (Å²) in [7, 11) is 0. The van der Waals surface area contributed by atoms with Crippen molar-refractivity contribution in [3.05, 3.63) is 92.4 Å². The molecule has 26 heavy (non-hydrogen) atoms. The van der Waals surface area contributed by atoms with E-state index >= 15 is 0 Å². The molecule has 3 rings (SSSR count). The SMILES string of the molecule is BrCc1cc(OCc2ccc(Br)cc2)cc(OCc2ccc(Br)cc2)c1. The Labute approximate surface area is 178 Å². The zero-order chi connectivity index (χ0) is 18.4. The number of rotatable bonds is 7. The third kappa shape index (κ3) is 5.86. The van der Waals surface area contributed by atoms with Crippen molar-refractivity contribution < 1.29 is 9.47 Å². The largest absolute Gasteiger partial charge is 0.489 e. The molecule has 134 valence electrons. The number of alkyl halides is 1. The van der Waals surface area contributed by atoms with Gasteiger partial charge in [0.1, 0.15) is 24.7 Å². The van der Waals surface area contributed by atoms with Crippen LogP contribution in [-0.2, 0) is 18.5 Å². The summed E-state index contributed by atoms with van der Waals surface area (Å²) in [5, 5.41) is 0.747. The van der Waals surface area contributed by atoms with E-state index in [0.29, 0.717) is 13.2 Å².